The quantitative estimate of drug-likeness (QED) is 0.298. The summed E-state index contributed by atoms with van der Waals surface area (Å²) in [5, 5.41) is 22.7. The maximum Gasteiger partial charge on any atom is 0.296 e. The summed E-state index contributed by atoms with van der Waals surface area (Å²) in [5.74, 6) is 0.0285. The zero-order valence-electron chi connectivity index (χ0n) is 20.4. The highest BCUT2D eigenvalue weighted by molar-refractivity contribution is 6.33. The summed E-state index contributed by atoms with van der Waals surface area (Å²) in [5.41, 5.74) is 5.69. The molecule has 4 aromatic rings. The smallest absolute Gasteiger partial charge is 0.296 e. The molecular formula is C28H27ClN4O5. The number of aromatic amines is 1. The van der Waals surface area contributed by atoms with Gasteiger partial charge in [-0.05, 0) is 29.2 Å². The summed E-state index contributed by atoms with van der Waals surface area (Å²) in [6.45, 7) is 0.731. The zero-order chi connectivity index (χ0) is 26.2. The van der Waals surface area contributed by atoms with E-state index < -0.39 is 18.3 Å². The number of aromatic nitrogens is 3. The number of aliphatic hydroxyl groups excluding tert-OH is 2. The van der Waals surface area contributed by atoms with Gasteiger partial charge in [0.25, 0.3) is 6.01 Å². The molecule has 4 unspecified atom stereocenters. The maximum absolute atomic E-state index is 12.0. The lowest BCUT2D eigenvalue weighted by Gasteiger charge is -2.31. The predicted octanol–water partition coefficient (Wildman–Crippen LogP) is 3.44. The van der Waals surface area contributed by atoms with Gasteiger partial charge in [0.2, 0.25) is 5.91 Å². The first-order valence-electron chi connectivity index (χ1n) is 12.6. The minimum atomic E-state index is -0.808. The Bertz CT molecular complexity index is 1460. The van der Waals surface area contributed by atoms with E-state index in [1.807, 2.05) is 48.5 Å². The van der Waals surface area contributed by atoms with Crippen molar-refractivity contribution in [2.24, 2.45) is 0 Å². The molecule has 0 saturated carbocycles. The van der Waals surface area contributed by atoms with Crippen molar-refractivity contribution in [3.8, 4) is 28.4 Å². The van der Waals surface area contributed by atoms with E-state index in [0.717, 1.165) is 35.2 Å². The highest BCUT2D eigenvalue weighted by Gasteiger charge is 2.31. The average molecular weight is 535 g/mol. The van der Waals surface area contributed by atoms with E-state index in [2.05, 4.69) is 20.3 Å². The van der Waals surface area contributed by atoms with Crippen LogP contribution in [0.4, 0.5) is 0 Å². The normalized spacial score (nSPS) is 23.5. The molecule has 10 heteroatoms. The minimum absolute atomic E-state index is 0.0660. The van der Waals surface area contributed by atoms with Gasteiger partial charge in [-0.25, -0.2) is 4.98 Å². The van der Waals surface area contributed by atoms with Crippen molar-refractivity contribution in [2.75, 3.05) is 19.8 Å². The summed E-state index contributed by atoms with van der Waals surface area (Å²) in [6, 6.07) is 18.1. The lowest BCUT2D eigenvalue weighted by molar-refractivity contribution is -0.131. The number of rotatable bonds is 6. The standard InChI is InChI=1S/C28H27ClN4O5/c29-21-12-22-26(33-28(31-22)38-19-11-23(35)24(13-34)37-14-19)32-25(21)18-7-3-16(4-8-18)15-1-5-17(6-2-15)20-9-10-30-27(20)36/h1-8,12,19-20,23-24,34-35H,9-11,13-14H2,(H,30,36)(H,31,32,33). The van der Waals surface area contributed by atoms with Gasteiger partial charge in [0.15, 0.2) is 5.65 Å². The number of nitrogens with one attached hydrogen (secondary N) is 2. The Morgan fingerprint density at radius 1 is 1.05 bits per heavy atom. The van der Waals surface area contributed by atoms with E-state index in [9.17, 15) is 15.0 Å². The Labute approximate surface area is 223 Å². The third-order valence-corrected chi connectivity index (χ3v) is 7.43. The number of ether oxygens (including phenoxy) is 2. The number of carbonyl (C=O) groups is 1. The number of nitrogens with zero attached hydrogens (tertiary/aromatic N) is 2. The number of aliphatic hydroxyl groups is 2. The molecular weight excluding hydrogens is 508 g/mol. The summed E-state index contributed by atoms with van der Waals surface area (Å²) in [4.78, 5) is 24.1. The molecule has 38 heavy (non-hydrogen) atoms. The summed E-state index contributed by atoms with van der Waals surface area (Å²) < 4.78 is 11.3. The van der Waals surface area contributed by atoms with E-state index in [1.54, 1.807) is 6.07 Å². The van der Waals surface area contributed by atoms with Crippen molar-refractivity contribution >= 4 is 28.7 Å². The van der Waals surface area contributed by atoms with Gasteiger partial charge in [-0.2, -0.15) is 4.98 Å². The molecule has 9 nitrogen and oxygen atoms in total. The van der Waals surface area contributed by atoms with Gasteiger partial charge in [-0.1, -0.05) is 60.1 Å². The number of amides is 1. The Morgan fingerprint density at radius 3 is 2.42 bits per heavy atom. The molecule has 4 N–H and O–H groups in total. The summed E-state index contributed by atoms with van der Waals surface area (Å²) >= 11 is 6.58. The maximum atomic E-state index is 12.0. The number of hydrogen-bond acceptors (Lipinski definition) is 7. The van der Waals surface area contributed by atoms with E-state index >= 15 is 0 Å². The van der Waals surface area contributed by atoms with Gasteiger partial charge in [0.1, 0.15) is 12.2 Å². The van der Waals surface area contributed by atoms with Gasteiger partial charge < -0.3 is 30.0 Å². The second-order valence-corrected chi connectivity index (χ2v) is 10.1. The number of H-pyrrole nitrogens is 1. The Balaban J connectivity index is 1.18. The molecule has 2 aromatic carbocycles. The van der Waals surface area contributed by atoms with E-state index in [4.69, 9.17) is 21.1 Å². The third kappa shape index (κ3) is 4.86. The number of carbonyl (C=O) groups excluding carboxylic acids is 1. The molecule has 0 aliphatic carbocycles. The van der Waals surface area contributed by atoms with Crippen molar-refractivity contribution in [1.29, 1.82) is 0 Å². The minimum Gasteiger partial charge on any atom is -0.459 e. The summed E-state index contributed by atoms with van der Waals surface area (Å²) in [7, 11) is 0. The Kier molecular flexibility index (Phi) is 6.75. The van der Waals surface area contributed by atoms with Crippen LogP contribution in [0.1, 0.15) is 24.3 Å². The fraction of sp³-hybridized carbons (Fsp3) is 0.321. The number of fused-ring (bicyclic) bond motifs is 1. The van der Waals surface area contributed by atoms with E-state index in [1.165, 1.54) is 0 Å². The largest absolute Gasteiger partial charge is 0.459 e. The molecule has 2 aliphatic rings. The first-order chi connectivity index (χ1) is 18.5. The van der Waals surface area contributed by atoms with Gasteiger partial charge in [-0.3, -0.25) is 4.79 Å². The number of benzene rings is 2. The molecule has 2 fully saturated rings. The number of halogens is 1. The zero-order valence-corrected chi connectivity index (χ0v) is 21.2. The molecule has 1 amide bonds. The highest BCUT2D eigenvalue weighted by atomic mass is 35.5. The van der Waals surface area contributed by atoms with Crippen LogP contribution in [-0.2, 0) is 9.53 Å². The van der Waals surface area contributed by atoms with Crippen molar-refractivity contribution < 1.29 is 24.5 Å². The SMILES string of the molecule is O=C1NCCC1c1ccc(-c2ccc(-c3nc4nc(OC5COC(CO)C(O)C5)[nH]c4cc3Cl)cc2)cc1. The van der Waals surface area contributed by atoms with Crippen LogP contribution in [-0.4, -0.2) is 69.1 Å². The van der Waals surface area contributed by atoms with Crippen LogP contribution >= 0.6 is 11.6 Å². The summed E-state index contributed by atoms with van der Waals surface area (Å²) in [6.07, 6.45) is -0.651. The van der Waals surface area contributed by atoms with Crippen LogP contribution in [0.15, 0.2) is 54.6 Å². The van der Waals surface area contributed by atoms with Crippen LogP contribution in [0.2, 0.25) is 5.02 Å². The number of pyridine rings is 1. The first kappa shape index (κ1) is 24.8. The highest BCUT2D eigenvalue weighted by Crippen LogP contribution is 2.32. The molecule has 2 aliphatic heterocycles. The molecule has 2 aromatic heterocycles. The van der Waals surface area contributed by atoms with Crippen LogP contribution < -0.4 is 10.1 Å². The molecule has 4 heterocycles. The van der Waals surface area contributed by atoms with Crippen LogP contribution in [0.5, 0.6) is 6.01 Å². The van der Waals surface area contributed by atoms with Gasteiger partial charge >= 0.3 is 0 Å². The van der Waals surface area contributed by atoms with E-state index in [-0.39, 0.29) is 31.0 Å². The van der Waals surface area contributed by atoms with Gasteiger partial charge in [-0.15, -0.1) is 0 Å². The molecule has 0 radical (unpaired) electrons. The Hall–Kier alpha value is -3.50. The molecule has 0 bridgehead atoms. The van der Waals surface area contributed by atoms with Crippen molar-refractivity contribution in [3.05, 3.63) is 65.2 Å². The van der Waals surface area contributed by atoms with Crippen LogP contribution in [0.3, 0.4) is 0 Å². The number of imidazole rings is 1. The average Bonchev–Trinajstić information content (AvgIpc) is 3.53. The fourth-order valence-corrected chi connectivity index (χ4v) is 5.30. The van der Waals surface area contributed by atoms with Gasteiger partial charge in [0.05, 0.1) is 41.5 Å². The van der Waals surface area contributed by atoms with Crippen molar-refractivity contribution in [2.45, 2.75) is 37.1 Å². The van der Waals surface area contributed by atoms with Gasteiger partial charge in [0, 0.05) is 18.5 Å². The number of hydrogen-bond donors (Lipinski definition) is 4. The van der Waals surface area contributed by atoms with E-state index in [0.29, 0.717) is 28.3 Å². The lowest BCUT2D eigenvalue weighted by atomic mass is 9.95. The Morgan fingerprint density at radius 2 is 1.76 bits per heavy atom. The topological polar surface area (TPSA) is 130 Å². The third-order valence-electron chi connectivity index (χ3n) is 7.15. The predicted molar refractivity (Wildman–Crippen MR) is 142 cm³/mol. The molecule has 2 saturated heterocycles. The lowest BCUT2D eigenvalue weighted by Crippen LogP contribution is -2.45. The first-order valence-corrected chi connectivity index (χ1v) is 13.0. The monoisotopic (exact) mass is 534 g/mol. The fourth-order valence-electron chi connectivity index (χ4n) is 5.04. The second-order valence-electron chi connectivity index (χ2n) is 9.66. The van der Waals surface area contributed by atoms with Crippen LogP contribution in [0, 0.1) is 0 Å². The van der Waals surface area contributed by atoms with Crippen molar-refractivity contribution in [1.82, 2.24) is 20.3 Å². The molecule has 6 rings (SSSR count). The van der Waals surface area contributed by atoms with Crippen molar-refractivity contribution in [3.63, 3.8) is 0 Å². The molecule has 0 spiro atoms. The molecule has 196 valence electrons. The van der Waals surface area contributed by atoms with Crippen LogP contribution in [0.25, 0.3) is 33.5 Å². The second kappa shape index (κ2) is 10.3. The molecule has 4 atom stereocenters.